The van der Waals surface area contributed by atoms with Crippen LogP contribution in [0.5, 0.6) is 0 Å². The number of aromatic nitrogens is 1. The van der Waals surface area contributed by atoms with Crippen LogP contribution in [0.25, 0.3) is 0 Å². The van der Waals surface area contributed by atoms with Gasteiger partial charge >= 0.3 is 0 Å². The first kappa shape index (κ1) is 19.4. The molecule has 1 aliphatic heterocycles. The van der Waals surface area contributed by atoms with Gasteiger partial charge in [0, 0.05) is 31.0 Å². The largest absolute Gasteiger partial charge is 0.348 e. The second-order valence-electron chi connectivity index (χ2n) is 6.65. The van der Waals surface area contributed by atoms with Crippen molar-refractivity contribution in [2.45, 2.75) is 17.9 Å². The number of pyridine rings is 1. The van der Waals surface area contributed by atoms with Gasteiger partial charge in [0.1, 0.15) is 4.90 Å². The highest BCUT2D eigenvalue weighted by Crippen LogP contribution is 2.35. The predicted molar refractivity (Wildman–Crippen MR) is 112 cm³/mol. The van der Waals surface area contributed by atoms with Gasteiger partial charge in [0.15, 0.2) is 0 Å². The number of carbonyl (C=O) groups is 1. The normalized spacial score (nSPS) is 13.2. The molecule has 3 aromatic rings. The van der Waals surface area contributed by atoms with Gasteiger partial charge in [0.05, 0.1) is 10.7 Å². The summed E-state index contributed by atoms with van der Waals surface area (Å²) >= 11 is 6.22. The Morgan fingerprint density at radius 1 is 1.14 bits per heavy atom. The van der Waals surface area contributed by atoms with Crippen LogP contribution in [0.1, 0.15) is 21.5 Å². The van der Waals surface area contributed by atoms with E-state index < -0.39 is 10.0 Å². The molecule has 6 nitrogen and oxygen atoms in total. The summed E-state index contributed by atoms with van der Waals surface area (Å²) in [6, 6.07) is 15.3. The molecule has 0 aliphatic carbocycles. The molecule has 0 atom stereocenters. The summed E-state index contributed by atoms with van der Waals surface area (Å²) < 4.78 is 27.9. The first-order valence-electron chi connectivity index (χ1n) is 9.04. The molecule has 0 saturated carbocycles. The van der Waals surface area contributed by atoms with E-state index in [2.05, 4.69) is 10.3 Å². The average Bonchev–Trinajstić information content (AvgIpc) is 3.18. The fourth-order valence-electron chi connectivity index (χ4n) is 3.31. The molecule has 29 heavy (non-hydrogen) atoms. The molecule has 1 N–H and O–H groups in total. The number of amides is 1. The van der Waals surface area contributed by atoms with Gasteiger partial charge in [0.2, 0.25) is 0 Å². The minimum Gasteiger partial charge on any atom is -0.348 e. The van der Waals surface area contributed by atoms with Gasteiger partial charge in [-0.3, -0.25) is 14.1 Å². The number of anilines is 1. The van der Waals surface area contributed by atoms with Crippen LogP contribution in [-0.2, 0) is 23.0 Å². The van der Waals surface area contributed by atoms with Gasteiger partial charge in [0.25, 0.3) is 15.9 Å². The van der Waals surface area contributed by atoms with E-state index in [1.165, 1.54) is 22.5 Å². The van der Waals surface area contributed by atoms with Crippen molar-refractivity contribution in [3.05, 3.63) is 88.7 Å². The lowest BCUT2D eigenvalue weighted by Crippen LogP contribution is -2.30. The molecule has 4 rings (SSSR count). The van der Waals surface area contributed by atoms with Gasteiger partial charge in [-0.25, -0.2) is 8.42 Å². The zero-order valence-corrected chi connectivity index (χ0v) is 16.9. The molecule has 2 heterocycles. The van der Waals surface area contributed by atoms with Crippen molar-refractivity contribution in [3.63, 3.8) is 0 Å². The van der Waals surface area contributed by atoms with E-state index >= 15 is 0 Å². The molecular weight excluding hydrogens is 410 g/mol. The second kappa shape index (κ2) is 7.85. The Labute approximate surface area is 174 Å². The number of para-hydroxylation sites is 1. The van der Waals surface area contributed by atoms with Gasteiger partial charge in [-0.15, -0.1) is 0 Å². The van der Waals surface area contributed by atoms with E-state index in [4.69, 9.17) is 11.6 Å². The van der Waals surface area contributed by atoms with Crippen LogP contribution in [0.4, 0.5) is 5.69 Å². The number of sulfonamides is 1. The fourth-order valence-corrected chi connectivity index (χ4v) is 5.31. The molecular formula is C21H18ClN3O3S. The van der Waals surface area contributed by atoms with E-state index in [9.17, 15) is 13.2 Å². The minimum absolute atomic E-state index is 0.0788. The number of nitrogens with one attached hydrogen (secondary N) is 1. The molecule has 0 spiro atoms. The van der Waals surface area contributed by atoms with Gasteiger partial charge in [-0.05, 0) is 47.9 Å². The molecule has 0 unspecified atom stereocenters. The van der Waals surface area contributed by atoms with Crippen LogP contribution < -0.4 is 9.62 Å². The highest BCUT2D eigenvalue weighted by atomic mass is 35.5. The van der Waals surface area contributed by atoms with Crippen molar-refractivity contribution in [3.8, 4) is 0 Å². The Morgan fingerprint density at radius 3 is 2.76 bits per heavy atom. The number of hydrogen-bond acceptors (Lipinski definition) is 4. The predicted octanol–water partition coefficient (Wildman–Crippen LogP) is 3.42. The molecule has 0 bridgehead atoms. The van der Waals surface area contributed by atoms with Crippen molar-refractivity contribution in [2.24, 2.45) is 0 Å². The summed E-state index contributed by atoms with van der Waals surface area (Å²) in [4.78, 5) is 16.5. The lowest BCUT2D eigenvalue weighted by atomic mass is 10.2. The van der Waals surface area contributed by atoms with Crippen molar-refractivity contribution in [1.29, 1.82) is 0 Å². The number of carbonyl (C=O) groups excluding carboxylic acids is 1. The Bertz CT molecular complexity index is 1170. The van der Waals surface area contributed by atoms with Crippen LogP contribution in [0.3, 0.4) is 0 Å². The summed E-state index contributed by atoms with van der Waals surface area (Å²) in [5, 5.41) is 2.85. The van der Waals surface area contributed by atoms with Crippen LogP contribution in [0.2, 0.25) is 5.02 Å². The van der Waals surface area contributed by atoms with Crippen molar-refractivity contribution < 1.29 is 13.2 Å². The molecule has 1 aliphatic rings. The van der Waals surface area contributed by atoms with E-state index in [0.717, 1.165) is 11.1 Å². The van der Waals surface area contributed by atoms with Crippen LogP contribution >= 0.6 is 11.6 Å². The Kier molecular flexibility index (Phi) is 5.25. The molecule has 148 valence electrons. The third-order valence-electron chi connectivity index (χ3n) is 4.78. The maximum Gasteiger partial charge on any atom is 0.265 e. The molecule has 0 fully saturated rings. The molecule has 8 heteroatoms. The number of fused-ring (bicyclic) bond motifs is 1. The Hall–Kier alpha value is -2.90. The van der Waals surface area contributed by atoms with Crippen molar-refractivity contribution in [1.82, 2.24) is 10.3 Å². The standard InChI is InChI=1S/C21H18ClN3O3S/c22-18-8-7-17(21(26)24-14-15-4-3-10-23-13-15)12-20(18)29(27,28)25-11-9-16-5-1-2-6-19(16)25/h1-8,10,12-13H,9,11,14H2,(H,24,26). The molecule has 2 aromatic carbocycles. The highest BCUT2D eigenvalue weighted by Gasteiger charge is 2.32. The van der Waals surface area contributed by atoms with Gasteiger partial charge < -0.3 is 5.32 Å². The summed E-state index contributed by atoms with van der Waals surface area (Å²) in [6.07, 6.45) is 3.94. The molecule has 1 amide bonds. The quantitative estimate of drug-likeness (QED) is 0.676. The van der Waals surface area contributed by atoms with E-state index in [-0.39, 0.29) is 27.9 Å². The maximum atomic E-state index is 13.3. The SMILES string of the molecule is O=C(NCc1cccnc1)c1ccc(Cl)c(S(=O)(=O)N2CCc3ccccc32)c1. The summed E-state index contributed by atoms with van der Waals surface area (Å²) in [6.45, 7) is 0.631. The van der Waals surface area contributed by atoms with Crippen molar-refractivity contribution in [2.75, 3.05) is 10.8 Å². The van der Waals surface area contributed by atoms with Crippen LogP contribution in [-0.4, -0.2) is 25.9 Å². The third kappa shape index (κ3) is 3.83. The van der Waals surface area contributed by atoms with E-state index in [0.29, 0.717) is 18.7 Å². The smallest absolute Gasteiger partial charge is 0.265 e. The maximum absolute atomic E-state index is 13.3. The highest BCUT2D eigenvalue weighted by molar-refractivity contribution is 7.93. The molecule has 1 aromatic heterocycles. The lowest BCUT2D eigenvalue weighted by Gasteiger charge is -2.20. The summed E-state index contributed by atoms with van der Waals surface area (Å²) in [5.41, 5.74) is 2.69. The number of nitrogens with zero attached hydrogens (tertiary/aromatic N) is 2. The van der Waals surface area contributed by atoms with Gasteiger partial charge in [-0.1, -0.05) is 35.9 Å². The first-order chi connectivity index (χ1) is 14.0. The number of rotatable bonds is 5. The zero-order valence-electron chi connectivity index (χ0n) is 15.4. The van der Waals surface area contributed by atoms with Crippen LogP contribution in [0, 0.1) is 0 Å². The number of benzene rings is 2. The lowest BCUT2D eigenvalue weighted by molar-refractivity contribution is 0.0950. The van der Waals surface area contributed by atoms with Gasteiger partial charge in [-0.2, -0.15) is 0 Å². The monoisotopic (exact) mass is 427 g/mol. The average molecular weight is 428 g/mol. The topological polar surface area (TPSA) is 79.4 Å². The third-order valence-corrected chi connectivity index (χ3v) is 7.08. The number of halogens is 1. The first-order valence-corrected chi connectivity index (χ1v) is 10.9. The van der Waals surface area contributed by atoms with Crippen LogP contribution in [0.15, 0.2) is 71.9 Å². The van der Waals surface area contributed by atoms with Crippen molar-refractivity contribution >= 4 is 33.2 Å². The fraction of sp³-hybridized carbons (Fsp3) is 0.143. The second-order valence-corrected chi connectivity index (χ2v) is 8.88. The Morgan fingerprint density at radius 2 is 1.97 bits per heavy atom. The molecule has 0 radical (unpaired) electrons. The Balaban J connectivity index is 1.61. The summed E-state index contributed by atoms with van der Waals surface area (Å²) in [7, 11) is -3.89. The molecule has 0 saturated heterocycles. The number of hydrogen-bond donors (Lipinski definition) is 1. The summed E-state index contributed by atoms with van der Waals surface area (Å²) in [5.74, 6) is -0.385. The van der Waals surface area contributed by atoms with E-state index in [1.807, 2.05) is 18.2 Å². The van der Waals surface area contributed by atoms with E-state index in [1.54, 1.807) is 30.6 Å². The minimum atomic E-state index is -3.89. The zero-order chi connectivity index (χ0) is 20.4.